The molecule has 0 unspecified atom stereocenters. The summed E-state index contributed by atoms with van der Waals surface area (Å²) in [6, 6.07) is 29.5. The molecule has 0 aromatic heterocycles. The van der Waals surface area contributed by atoms with Crippen molar-refractivity contribution in [2.24, 2.45) is 0 Å². The Balaban J connectivity index is 1.21. The van der Waals surface area contributed by atoms with Gasteiger partial charge in [0.2, 0.25) is 0 Å². The summed E-state index contributed by atoms with van der Waals surface area (Å²) in [5.41, 5.74) is 2.95. The van der Waals surface area contributed by atoms with Crippen LogP contribution < -0.4 is 0 Å². The molecular weight excluding hydrogens is 752 g/mol. The maximum atomic E-state index is 11.2. The summed E-state index contributed by atoms with van der Waals surface area (Å²) in [4.78, 5) is 0. The zero-order valence-electron chi connectivity index (χ0n) is 34.4. The first-order valence-corrected chi connectivity index (χ1v) is 19.8. The molecule has 3 heterocycles. The molecule has 0 spiro atoms. The predicted molar refractivity (Wildman–Crippen MR) is 209 cm³/mol. The van der Waals surface area contributed by atoms with E-state index in [9.17, 15) is 5.11 Å². The van der Waals surface area contributed by atoms with Crippen LogP contribution in [0.5, 0.6) is 0 Å². The van der Waals surface area contributed by atoms with Crippen molar-refractivity contribution in [2.75, 3.05) is 42.2 Å². The summed E-state index contributed by atoms with van der Waals surface area (Å²) in [5, 5.41) is 11.2. The summed E-state index contributed by atoms with van der Waals surface area (Å²) in [7, 11) is 7.88. The molecule has 0 radical (unpaired) electrons. The Morgan fingerprint density at radius 3 is 1.36 bits per heavy atom. The molecule has 15 atom stereocenters. The van der Waals surface area contributed by atoms with E-state index in [4.69, 9.17) is 61.6 Å². The van der Waals surface area contributed by atoms with E-state index in [-0.39, 0.29) is 13.2 Å². The lowest BCUT2D eigenvalue weighted by molar-refractivity contribution is -0.386. The molecule has 1 N–H and O–H groups in total. The normalized spacial score (nSPS) is 35.5. The number of ether oxygens (including phenoxy) is 13. The molecule has 320 valence electrons. The zero-order chi connectivity index (χ0) is 41.0. The largest absolute Gasteiger partial charge is 0.382 e. The first-order chi connectivity index (χ1) is 28.3. The van der Waals surface area contributed by atoms with Crippen LogP contribution in [0.2, 0.25) is 0 Å². The minimum absolute atomic E-state index is 0.201. The number of hydrogen-bond acceptors (Lipinski definition) is 14. The first kappa shape index (κ1) is 44.6. The molecule has 3 aromatic rings. The van der Waals surface area contributed by atoms with Crippen LogP contribution in [0, 0.1) is 0 Å². The summed E-state index contributed by atoms with van der Waals surface area (Å²) in [6.45, 7) is 4.78. The monoisotopic (exact) mass is 812 g/mol. The Hall–Kier alpha value is -2.90. The van der Waals surface area contributed by atoms with Crippen molar-refractivity contribution >= 4 is 0 Å². The second-order valence-corrected chi connectivity index (χ2v) is 14.7. The van der Waals surface area contributed by atoms with Gasteiger partial charge in [-0.25, -0.2) is 0 Å². The minimum Gasteiger partial charge on any atom is -0.382 e. The van der Waals surface area contributed by atoms with Gasteiger partial charge in [0.15, 0.2) is 18.9 Å². The van der Waals surface area contributed by atoms with Gasteiger partial charge in [0, 0.05) is 35.5 Å². The van der Waals surface area contributed by atoms with Crippen LogP contribution in [0.25, 0.3) is 0 Å². The van der Waals surface area contributed by atoms with E-state index >= 15 is 0 Å². The third kappa shape index (κ3) is 10.9. The van der Waals surface area contributed by atoms with E-state index in [0.717, 1.165) is 16.7 Å². The number of aliphatic hydroxyl groups is 1. The van der Waals surface area contributed by atoms with Crippen molar-refractivity contribution in [3.05, 3.63) is 108 Å². The van der Waals surface area contributed by atoms with Crippen molar-refractivity contribution in [1.82, 2.24) is 0 Å². The van der Waals surface area contributed by atoms with Crippen molar-refractivity contribution in [1.29, 1.82) is 0 Å². The fourth-order valence-electron chi connectivity index (χ4n) is 7.96. The van der Waals surface area contributed by atoms with Crippen LogP contribution in [0.4, 0.5) is 0 Å². The summed E-state index contributed by atoms with van der Waals surface area (Å²) >= 11 is 0. The Morgan fingerprint density at radius 2 is 0.862 bits per heavy atom. The van der Waals surface area contributed by atoms with Crippen LogP contribution in [0.1, 0.15) is 30.5 Å². The summed E-state index contributed by atoms with van der Waals surface area (Å²) in [6.07, 6.45) is -11.7. The number of methoxy groups -OCH3 is 5. The molecule has 0 saturated carbocycles. The Bertz CT molecular complexity index is 1590. The lowest BCUT2D eigenvalue weighted by atomic mass is 9.96. The van der Waals surface area contributed by atoms with Crippen LogP contribution in [0.3, 0.4) is 0 Å². The maximum Gasteiger partial charge on any atom is 0.187 e. The van der Waals surface area contributed by atoms with Crippen molar-refractivity contribution in [2.45, 2.75) is 126 Å². The zero-order valence-corrected chi connectivity index (χ0v) is 34.4. The maximum absolute atomic E-state index is 11.2. The molecule has 3 aromatic carbocycles. The van der Waals surface area contributed by atoms with Gasteiger partial charge in [0.25, 0.3) is 0 Å². The lowest BCUT2D eigenvalue weighted by Gasteiger charge is -2.50. The molecule has 0 aliphatic carbocycles. The third-order valence-corrected chi connectivity index (χ3v) is 10.9. The molecule has 6 rings (SSSR count). The average Bonchev–Trinajstić information content (AvgIpc) is 3.24. The topological polar surface area (TPSA) is 140 Å². The molecule has 3 aliphatic rings. The summed E-state index contributed by atoms with van der Waals surface area (Å²) in [5.74, 6) is 0. The Labute approximate surface area is 341 Å². The van der Waals surface area contributed by atoms with E-state index in [2.05, 4.69) is 0 Å². The van der Waals surface area contributed by atoms with Gasteiger partial charge in [-0.15, -0.1) is 0 Å². The van der Waals surface area contributed by atoms with Crippen LogP contribution in [0.15, 0.2) is 91.0 Å². The van der Waals surface area contributed by atoms with Crippen molar-refractivity contribution in [3.8, 4) is 0 Å². The van der Waals surface area contributed by atoms with Gasteiger partial charge in [-0.05, 0) is 30.5 Å². The van der Waals surface area contributed by atoms with Gasteiger partial charge < -0.3 is 66.7 Å². The number of aliphatic hydroxyl groups excluding tert-OH is 1. The molecule has 14 nitrogen and oxygen atoms in total. The highest BCUT2D eigenvalue weighted by molar-refractivity contribution is 5.15. The number of hydrogen-bond donors (Lipinski definition) is 1. The fraction of sp³-hybridized carbons (Fsp3) is 0.591. The van der Waals surface area contributed by atoms with Gasteiger partial charge in [-0.3, -0.25) is 0 Å². The average molecular weight is 813 g/mol. The predicted octanol–water partition coefficient (Wildman–Crippen LogP) is 4.43. The van der Waals surface area contributed by atoms with E-state index in [1.165, 1.54) is 7.11 Å². The van der Waals surface area contributed by atoms with Gasteiger partial charge in [0.1, 0.15) is 61.0 Å². The van der Waals surface area contributed by atoms with E-state index in [0.29, 0.717) is 13.2 Å². The van der Waals surface area contributed by atoms with Gasteiger partial charge in [0.05, 0.1) is 38.6 Å². The molecule has 14 heteroatoms. The van der Waals surface area contributed by atoms with Gasteiger partial charge in [-0.1, -0.05) is 91.0 Å². The standard InChI is InChI=1S/C44H60O14/c1-27-33(51-23-29-17-11-8-12-18-29)36(47-4)39(42(45)54-27)58-43-40(50-7)37(48-5)34(28(2)55-43)57-44-41(53-25-31-21-15-10-16-22-31)38(49-6)35(32(56-44)26-46-3)52-24-30-19-13-9-14-20-30/h8-22,27-28,32-45H,23-26H2,1-7H3/t27-,28-,32+,33-,34-,35+,36+,37+,38-,39+,40+,41+,42+,43-,44-/m0/s1. The number of rotatable bonds is 19. The fourth-order valence-corrected chi connectivity index (χ4v) is 7.96. The minimum atomic E-state index is -1.35. The molecule has 3 saturated heterocycles. The molecule has 3 fully saturated rings. The molecule has 0 bridgehead atoms. The number of benzene rings is 3. The molecule has 0 amide bonds. The van der Waals surface area contributed by atoms with Crippen LogP contribution in [-0.2, 0) is 81.4 Å². The van der Waals surface area contributed by atoms with Gasteiger partial charge in [-0.2, -0.15) is 0 Å². The molecule has 58 heavy (non-hydrogen) atoms. The van der Waals surface area contributed by atoms with E-state index in [1.807, 2.05) is 105 Å². The van der Waals surface area contributed by atoms with Crippen LogP contribution >= 0.6 is 0 Å². The Morgan fingerprint density at radius 1 is 0.448 bits per heavy atom. The SMILES string of the molecule is COC[C@H]1O[C@@H](O[C@@H]2[C@@H](OC)[C@@H](OC)[C@H](O[C@@H]3[C@H](OC)[C@@H](OCc4ccccc4)[C@H](C)O[C@H]3O)O[C@H]2C)[C@H](OCc2ccccc2)[C@@H](OC)[C@@H]1OCc1ccccc1. The quantitative estimate of drug-likeness (QED) is 0.183. The first-order valence-electron chi connectivity index (χ1n) is 19.8. The van der Waals surface area contributed by atoms with E-state index < -0.39 is 92.1 Å². The summed E-state index contributed by atoms with van der Waals surface area (Å²) < 4.78 is 81.8. The van der Waals surface area contributed by atoms with Gasteiger partial charge >= 0.3 is 0 Å². The highest BCUT2D eigenvalue weighted by atomic mass is 16.8. The smallest absolute Gasteiger partial charge is 0.187 e. The van der Waals surface area contributed by atoms with E-state index in [1.54, 1.807) is 28.4 Å². The van der Waals surface area contributed by atoms with Crippen molar-refractivity contribution in [3.63, 3.8) is 0 Å². The highest BCUT2D eigenvalue weighted by Gasteiger charge is 2.55. The van der Waals surface area contributed by atoms with Crippen LogP contribution in [-0.4, -0.2) is 139 Å². The highest BCUT2D eigenvalue weighted by Crippen LogP contribution is 2.37. The third-order valence-electron chi connectivity index (χ3n) is 10.9. The molecule has 3 aliphatic heterocycles. The molecular formula is C44H60O14. The van der Waals surface area contributed by atoms with Crippen molar-refractivity contribution < 1.29 is 66.7 Å². The second kappa shape index (κ2) is 22.1. The lowest BCUT2D eigenvalue weighted by Crippen LogP contribution is -2.66. The Kier molecular flexibility index (Phi) is 17.0. The second-order valence-electron chi connectivity index (χ2n) is 14.7.